The van der Waals surface area contributed by atoms with Crippen LogP contribution in [-0.2, 0) is 0 Å². The third-order valence-corrected chi connectivity index (χ3v) is 3.69. The van der Waals surface area contributed by atoms with Crippen LogP contribution in [0.4, 0.5) is 10.5 Å². The maximum absolute atomic E-state index is 12.1. The first-order valence-electron chi connectivity index (χ1n) is 6.65. The first kappa shape index (κ1) is 15.1. The topological polar surface area (TPSA) is 87.6 Å². The highest BCUT2D eigenvalue weighted by atomic mass is 79.9. The smallest absolute Gasteiger partial charge is 0.306 e. The minimum Gasteiger partial charge on any atom is -0.306 e. The van der Waals surface area contributed by atoms with Gasteiger partial charge in [-0.1, -0.05) is 46.3 Å². The van der Waals surface area contributed by atoms with Gasteiger partial charge in [0.1, 0.15) is 0 Å². The molecule has 0 aromatic heterocycles. The maximum atomic E-state index is 12.1. The highest BCUT2D eigenvalue weighted by molar-refractivity contribution is 9.10. The highest BCUT2D eigenvalue weighted by Crippen LogP contribution is 2.15. The van der Waals surface area contributed by atoms with Crippen molar-refractivity contribution in [3.05, 3.63) is 78.8 Å². The number of anilines is 1. The summed E-state index contributed by atoms with van der Waals surface area (Å²) in [6, 6.07) is 12.8. The Morgan fingerprint density at radius 1 is 0.957 bits per heavy atom. The summed E-state index contributed by atoms with van der Waals surface area (Å²) >= 11 is 3.29. The molecule has 0 bridgehead atoms. The molecule has 0 radical (unpaired) electrons. The number of rotatable bonds is 2. The molecule has 114 valence electrons. The van der Waals surface area contributed by atoms with Crippen molar-refractivity contribution in [2.45, 2.75) is 0 Å². The van der Waals surface area contributed by atoms with Crippen molar-refractivity contribution in [3.63, 3.8) is 0 Å². The summed E-state index contributed by atoms with van der Waals surface area (Å²) in [5, 5.41) is 6.51. The van der Waals surface area contributed by atoms with Gasteiger partial charge in [-0.3, -0.25) is 9.59 Å². The Labute approximate surface area is 138 Å². The van der Waals surface area contributed by atoms with Gasteiger partial charge in [-0.25, -0.2) is 10.2 Å². The van der Waals surface area contributed by atoms with Crippen molar-refractivity contribution >= 4 is 38.4 Å². The fourth-order valence-electron chi connectivity index (χ4n) is 2.17. The number of hydrogen-bond donors (Lipinski definition) is 2. The lowest BCUT2D eigenvalue weighted by Gasteiger charge is -2.03. The zero-order valence-electron chi connectivity index (χ0n) is 11.7. The Morgan fingerprint density at radius 2 is 1.61 bits per heavy atom. The van der Waals surface area contributed by atoms with Crippen LogP contribution in [0, 0.1) is 0 Å². The van der Waals surface area contributed by atoms with Crippen molar-refractivity contribution in [1.29, 1.82) is 0 Å². The molecule has 0 fully saturated rings. The monoisotopic (exact) mass is 371 g/mol. The number of fused-ring (bicyclic) bond motifs is 1. The first-order valence-corrected chi connectivity index (χ1v) is 7.44. The van der Waals surface area contributed by atoms with Crippen LogP contribution < -0.4 is 27.0 Å². The second-order valence-electron chi connectivity index (χ2n) is 4.74. The van der Waals surface area contributed by atoms with Crippen LogP contribution in [0.3, 0.4) is 0 Å². The van der Waals surface area contributed by atoms with Crippen molar-refractivity contribution in [2.24, 2.45) is 5.10 Å². The number of nitrogens with zero attached hydrogens (tertiary/aromatic N) is 1. The minimum atomic E-state index is -0.646. The Bertz CT molecular complexity index is 1000. The molecule has 0 atom stereocenters. The summed E-state index contributed by atoms with van der Waals surface area (Å²) in [6.45, 7) is 0. The van der Waals surface area contributed by atoms with E-state index in [0.29, 0.717) is 16.5 Å². The quantitative estimate of drug-likeness (QED) is 0.673. The van der Waals surface area contributed by atoms with E-state index in [1.807, 2.05) is 6.07 Å². The lowest BCUT2D eigenvalue weighted by atomic mass is 10.2. The molecule has 0 heterocycles. The van der Waals surface area contributed by atoms with Crippen molar-refractivity contribution in [2.75, 3.05) is 5.32 Å². The Balaban J connectivity index is 1.87. The largest absolute Gasteiger partial charge is 0.339 e. The van der Waals surface area contributed by atoms with Gasteiger partial charge >= 0.3 is 6.03 Å². The molecule has 7 heteroatoms. The lowest BCUT2D eigenvalue weighted by Crippen LogP contribution is -2.36. The molecule has 3 rings (SSSR count). The van der Waals surface area contributed by atoms with Crippen LogP contribution in [0.25, 0.3) is 10.8 Å². The van der Waals surface area contributed by atoms with E-state index < -0.39 is 16.9 Å². The second-order valence-corrected chi connectivity index (χ2v) is 5.66. The van der Waals surface area contributed by atoms with Crippen LogP contribution in [-0.4, -0.2) is 6.03 Å². The Hall–Kier alpha value is -2.80. The molecule has 0 saturated carbocycles. The van der Waals surface area contributed by atoms with Crippen LogP contribution in [0.5, 0.6) is 0 Å². The summed E-state index contributed by atoms with van der Waals surface area (Å²) in [5.41, 5.74) is 1.73. The fraction of sp³-hybridized carbons (Fsp3) is 0. The molecule has 0 spiro atoms. The normalized spacial score (nSPS) is 10.5. The van der Waals surface area contributed by atoms with Gasteiger partial charge in [0.25, 0.3) is 0 Å². The number of carbonyl (C=O) groups excluding carboxylic acids is 1. The van der Waals surface area contributed by atoms with E-state index in [-0.39, 0.29) is 5.36 Å². The number of nitrogens with one attached hydrogen (secondary N) is 2. The van der Waals surface area contributed by atoms with Crippen molar-refractivity contribution < 1.29 is 4.79 Å². The van der Waals surface area contributed by atoms with Crippen LogP contribution in [0.1, 0.15) is 0 Å². The van der Waals surface area contributed by atoms with E-state index in [1.165, 1.54) is 0 Å². The van der Waals surface area contributed by atoms with E-state index in [4.69, 9.17) is 0 Å². The minimum absolute atomic E-state index is 0.296. The zero-order chi connectivity index (χ0) is 16.4. The third kappa shape index (κ3) is 3.04. The van der Waals surface area contributed by atoms with Gasteiger partial charge < -0.3 is 5.32 Å². The van der Waals surface area contributed by atoms with Gasteiger partial charge in [0.2, 0.25) is 10.9 Å². The van der Waals surface area contributed by atoms with Crippen LogP contribution in [0.2, 0.25) is 0 Å². The number of benzene rings is 2. The summed E-state index contributed by atoms with van der Waals surface area (Å²) in [6.07, 6.45) is 0. The van der Waals surface area contributed by atoms with Gasteiger partial charge in [-0.2, -0.15) is 5.10 Å². The van der Waals surface area contributed by atoms with E-state index in [1.54, 1.807) is 42.5 Å². The van der Waals surface area contributed by atoms with Crippen LogP contribution >= 0.6 is 15.9 Å². The number of carbonyl (C=O) groups is 1. The maximum Gasteiger partial charge on any atom is 0.339 e. The number of urea groups is 1. The van der Waals surface area contributed by atoms with Gasteiger partial charge in [-0.05, 0) is 18.2 Å². The standard InChI is InChI=1S/C16H10BrN3O3/c17-9-4-3-5-10(8-9)18-16(23)20-19-13-14(21)11-6-1-2-7-12(11)15(13)22/h1-8H,(H2,18,20,23). The van der Waals surface area contributed by atoms with E-state index in [0.717, 1.165) is 4.47 Å². The molecule has 3 aromatic carbocycles. The van der Waals surface area contributed by atoms with Gasteiger partial charge in [0.15, 0.2) is 5.36 Å². The summed E-state index contributed by atoms with van der Waals surface area (Å²) < 4.78 is 0.804. The predicted octanol–water partition coefficient (Wildman–Crippen LogP) is 1.84. The molecular formula is C16H10BrN3O3. The fourth-order valence-corrected chi connectivity index (χ4v) is 2.57. The molecule has 0 aliphatic heterocycles. The van der Waals surface area contributed by atoms with E-state index >= 15 is 0 Å². The SMILES string of the molecule is O=C(NN=c1c(=O)c2ccccc2c1=O)Nc1cccc(Br)c1. The van der Waals surface area contributed by atoms with Crippen LogP contribution in [0.15, 0.2) is 67.7 Å². The molecule has 2 N–H and O–H groups in total. The molecule has 2 amide bonds. The third-order valence-electron chi connectivity index (χ3n) is 3.20. The summed E-state index contributed by atoms with van der Waals surface area (Å²) in [5.74, 6) is 0. The average Bonchev–Trinajstić information content (AvgIpc) is 2.77. The molecule has 0 aliphatic rings. The Kier molecular flexibility index (Phi) is 4.03. The summed E-state index contributed by atoms with van der Waals surface area (Å²) in [7, 11) is 0. The Morgan fingerprint density at radius 3 is 2.22 bits per heavy atom. The average molecular weight is 372 g/mol. The second kappa shape index (κ2) is 6.13. The first-order chi connectivity index (χ1) is 11.1. The molecule has 6 nitrogen and oxygen atoms in total. The van der Waals surface area contributed by atoms with Gasteiger partial charge in [-0.15, -0.1) is 0 Å². The molecule has 3 aromatic rings. The highest BCUT2D eigenvalue weighted by Gasteiger charge is 2.10. The predicted molar refractivity (Wildman–Crippen MR) is 90.7 cm³/mol. The zero-order valence-corrected chi connectivity index (χ0v) is 13.3. The molecule has 0 saturated heterocycles. The number of halogens is 1. The molecule has 0 aliphatic carbocycles. The van der Waals surface area contributed by atoms with Gasteiger partial charge in [0, 0.05) is 20.9 Å². The summed E-state index contributed by atoms with van der Waals surface area (Å²) in [4.78, 5) is 36.0. The molecular weight excluding hydrogens is 362 g/mol. The number of hydrogen-bond acceptors (Lipinski definition) is 4. The number of amides is 2. The van der Waals surface area contributed by atoms with E-state index in [9.17, 15) is 14.4 Å². The molecule has 0 unspecified atom stereocenters. The molecule has 23 heavy (non-hydrogen) atoms. The van der Waals surface area contributed by atoms with Crippen molar-refractivity contribution in [1.82, 2.24) is 5.43 Å². The van der Waals surface area contributed by atoms with E-state index in [2.05, 4.69) is 31.8 Å². The van der Waals surface area contributed by atoms with Crippen molar-refractivity contribution in [3.8, 4) is 0 Å². The lowest BCUT2D eigenvalue weighted by molar-refractivity contribution is 0.252. The van der Waals surface area contributed by atoms with Gasteiger partial charge in [0.05, 0.1) is 0 Å².